The maximum atomic E-state index is 14.5. The van der Waals surface area contributed by atoms with E-state index in [4.69, 9.17) is 0 Å². The van der Waals surface area contributed by atoms with Gasteiger partial charge in [-0.05, 0) is 67.4 Å². The summed E-state index contributed by atoms with van der Waals surface area (Å²) < 4.78 is 55.9. The van der Waals surface area contributed by atoms with Gasteiger partial charge in [-0.15, -0.1) is 6.58 Å². The third-order valence-corrected chi connectivity index (χ3v) is 5.43. The molecular weight excluding hydrogens is 356 g/mol. The highest BCUT2D eigenvalue weighted by molar-refractivity contribution is 5.85. The third-order valence-electron chi connectivity index (χ3n) is 5.43. The second kappa shape index (κ2) is 8.32. The maximum Gasteiger partial charge on any atom is 0.422 e. The van der Waals surface area contributed by atoms with E-state index in [1.165, 1.54) is 30.9 Å². The standard InChI is InChI=1S/C22H24F4O/c1-2-3-4-15-5-7-16(8-6-15)17-9-11-19-18(13-17)10-12-20(21(19)23)27-14-22(24,25)26/h2,9-13,15-16H,1,3-8,14H2. The van der Waals surface area contributed by atoms with Crippen LogP contribution in [0.2, 0.25) is 0 Å². The zero-order chi connectivity index (χ0) is 19.4. The van der Waals surface area contributed by atoms with E-state index < -0.39 is 18.6 Å². The molecule has 0 aromatic heterocycles. The lowest BCUT2D eigenvalue weighted by Gasteiger charge is -2.28. The van der Waals surface area contributed by atoms with Crippen LogP contribution < -0.4 is 4.74 Å². The Bertz CT molecular complexity index is 789. The van der Waals surface area contributed by atoms with Gasteiger partial charge in [0.15, 0.2) is 18.2 Å². The number of fused-ring (bicyclic) bond motifs is 1. The van der Waals surface area contributed by atoms with Gasteiger partial charge < -0.3 is 4.74 Å². The molecule has 0 radical (unpaired) electrons. The fraction of sp³-hybridized carbons (Fsp3) is 0.455. The van der Waals surface area contributed by atoms with Crippen molar-refractivity contribution < 1.29 is 22.3 Å². The molecule has 0 saturated heterocycles. The van der Waals surface area contributed by atoms with Gasteiger partial charge in [-0.25, -0.2) is 4.39 Å². The molecule has 27 heavy (non-hydrogen) atoms. The Morgan fingerprint density at radius 1 is 1.07 bits per heavy atom. The van der Waals surface area contributed by atoms with Gasteiger partial charge in [0.2, 0.25) is 0 Å². The zero-order valence-corrected chi connectivity index (χ0v) is 15.2. The molecule has 0 spiro atoms. The van der Waals surface area contributed by atoms with Crippen LogP contribution in [0.4, 0.5) is 17.6 Å². The van der Waals surface area contributed by atoms with Crippen LogP contribution in [0.5, 0.6) is 5.75 Å². The average molecular weight is 380 g/mol. The van der Waals surface area contributed by atoms with E-state index in [0.29, 0.717) is 11.3 Å². The highest BCUT2D eigenvalue weighted by Gasteiger charge is 2.29. The van der Waals surface area contributed by atoms with Gasteiger partial charge in [-0.3, -0.25) is 0 Å². The molecule has 1 saturated carbocycles. The summed E-state index contributed by atoms with van der Waals surface area (Å²) in [5.41, 5.74) is 1.17. The number of hydrogen-bond donors (Lipinski definition) is 0. The Morgan fingerprint density at radius 2 is 1.81 bits per heavy atom. The monoisotopic (exact) mass is 380 g/mol. The van der Waals surface area contributed by atoms with Crippen molar-refractivity contribution in [3.63, 3.8) is 0 Å². The molecule has 1 aliphatic carbocycles. The lowest BCUT2D eigenvalue weighted by molar-refractivity contribution is -0.153. The number of ether oxygens (including phenoxy) is 1. The summed E-state index contributed by atoms with van der Waals surface area (Å²) in [7, 11) is 0. The van der Waals surface area contributed by atoms with Crippen molar-refractivity contribution in [2.24, 2.45) is 5.92 Å². The van der Waals surface area contributed by atoms with Crippen LogP contribution in [-0.2, 0) is 0 Å². The quantitative estimate of drug-likeness (QED) is 0.382. The topological polar surface area (TPSA) is 9.23 Å². The van der Waals surface area contributed by atoms with Gasteiger partial charge in [0, 0.05) is 5.39 Å². The molecule has 2 aromatic carbocycles. The molecule has 0 heterocycles. The van der Waals surface area contributed by atoms with Gasteiger partial charge in [0.1, 0.15) is 0 Å². The summed E-state index contributed by atoms with van der Waals surface area (Å²) in [6, 6.07) is 8.42. The van der Waals surface area contributed by atoms with E-state index in [0.717, 1.165) is 25.2 Å². The number of allylic oxidation sites excluding steroid dienone is 1. The van der Waals surface area contributed by atoms with Crippen molar-refractivity contribution >= 4 is 10.8 Å². The fourth-order valence-corrected chi connectivity index (χ4v) is 3.95. The van der Waals surface area contributed by atoms with E-state index in [1.54, 1.807) is 12.1 Å². The van der Waals surface area contributed by atoms with Crippen LogP contribution in [0.3, 0.4) is 0 Å². The predicted octanol–water partition coefficient (Wildman–Crippen LogP) is 7.16. The zero-order valence-electron chi connectivity index (χ0n) is 15.2. The van der Waals surface area contributed by atoms with E-state index in [1.807, 2.05) is 18.2 Å². The van der Waals surface area contributed by atoms with Crippen molar-refractivity contribution in [1.29, 1.82) is 0 Å². The number of halogens is 4. The molecule has 1 fully saturated rings. The lowest BCUT2D eigenvalue weighted by atomic mass is 9.77. The van der Waals surface area contributed by atoms with Crippen LogP contribution >= 0.6 is 0 Å². The maximum absolute atomic E-state index is 14.5. The molecule has 0 N–H and O–H groups in total. The minimum Gasteiger partial charge on any atom is -0.481 e. The molecule has 5 heteroatoms. The lowest BCUT2D eigenvalue weighted by Crippen LogP contribution is -2.19. The first-order chi connectivity index (χ1) is 12.9. The summed E-state index contributed by atoms with van der Waals surface area (Å²) >= 11 is 0. The summed E-state index contributed by atoms with van der Waals surface area (Å²) in [4.78, 5) is 0. The largest absolute Gasteiger partial charge is 0.481 e. The van der Waals surface area contributed by atoms with E-state index in [2.05, 4.69) is 11.3 Å². The molecule has 0 atom stereocenters. The van der Waals surface area contributed by atoms with Crippen molar-refractivity contribution in [3.05, 3.63) is 54.4 Å². The number of rotatable bonds is 6. The Labute approximate surface area is 157 Å². The first-order valence-electron chi connectivity index (χ1n) is 9.40. The molecular formula is C22H24F4O. The van der Waals surface area contributed by atoms with Gasteiger partial charge in [0.05, 0.1) is 0 Å². The second-order valence-corrected chi connectivity index (χ2v) is 7.35. The average Bonchev–Trinajstić information content (AvgIpc) is 2.65. The minimum absolute atomic E-state index is 0.290. The van der Waals surface area contributed by atoms with Crippen LogP contribution in [0.25, 0.3) is 10.8 Å². The summed E-state index contributed by atoms with van der Waals surface area (Å²) in [5, 5.41) is 0.983. The van der Waals surface area contributed by atoms with Gasteiger partial charge in [0.25, 0.3) is 0 Å². The van der Waals surface area contributed by atoms with Gasteiger partial charge >= 0.3 is 6.18 Å². The Balaban J connectivity index is 1.72. The van der Waals surface area contributed by atoms with Crippen molar-refractivity contribution in [2.45, 2.75) is 50.6 Å². The summed E-state index contributed by atoms with van der Waals surface area (Å²) in [6.07, 6.45) is 4.34. The second-order valence-electron chi connectivity index (χ2n) is 7.35. The molecule has 0 bridgehead atoms. The van der Waals surface area contributed by atoms with Gasteiger partial charge in [-0.2, -0.15) is 13.2 Å². The SMILES string of the molecule is C=CCCC1CCC(c2ccc3c(F)c(OCC(F)(F)F)ccc3c2)CC1. The normalized spacial score (nSPS) is 20.6. The molecule has 3 rings (SSSR count). The van der Waals surface area contributed by atoms with Crippen LogP contribution in [0.15, 0.2) is 43.0 Å². The van der Waals surface area contributed by atoms with Crippen molar-refractivity contribution in [1.82, 2.24) is 0 Å². The molecule has 146 valence electrons. The number of alkyl halides is 3. The van der Waals surface area contributed by atoms with Gasteiger partial charge in [-0.1, -0.05) is 30.3 Å². The first-order valence-corrected chi connectivity index (χ1v) is 9.40. The first kappa shape index (κ1) is 19.7. The number of benzene rings is 2. The van der Waals surface area contributed by atoms with E-state index in [9.17, 15) is 17.6 Å². The highest BCUT2D eigenvalue weighted by Crippen LogP contribution is 2.39. The smallest absolute Gasteiger partial charge is 0.422 e. The predicted molar refractivity (Wildman–Crippen MR) is 99.6 cm³/mol. The molecule has 0 amide bonds. The molecule has 1 nitrogen and oxygen atoms in total. The summed E-state index contributed by atoms with van der Waals surface area (Å²) in [6.45, 7) is 2.28. The third kappa shape index (κ3) is 5.02. The minimum atomic E-state index is -4.49. The number of hydrogen-bond acceptors (Lipinski definition) is 1. The Hall–Kier alpha value is -2.04. The van der Waals surface area contributed by atoms with Crippen LogP contribution in [0.1, 0.15) is 50.0 Å². The molecule has 0 unspecified atom stereocenters. The summed E-state index contributed by atoms with van der Waals surface area (Å²) in [5.74, 6) is 0.107. The Morgan fingerprint density at radius 3 is 2.48 bits per heavy atom. The van der Waals surface area contributed by atoms with Crippen LogP contribution in [0, 0.1) is 11.7 Å². The van der Waals surface area contributed by atoms with E-state index in [-0.39, 0.29) is 11.1 Å². The van der Waals surface area contributed by atoms with Crippen molar-refractivity contribution in [3.8, 4) is 5.75 Å². The van der Waals surface area contributed by atoms with E-state index >= 15 is 0 Å². The molecule has 0 aliphatic heterocycles. The van der Waals surface area contributed by atoms with Crippen LogP contribution in [-0.4, -0.2) is 12.8 Å². The molecule has 2 aromatic rings. The van der Waals surface area contributed by atoms with Crippen molar-refractivity contribution in [2.75, 3.05) is 6.61 Å². The molecule has 1 aliphatic rings. The fourth-order valence-electron chi connectivity index (χ4n) is 3.95. The Kier molecular flexibility index (Phi) is 6.08. The highest BCUT2D eigenvalue weighted by atomic mass is 19.4.